The maximum atomic E-state index is 12.7. The second kappa shape index (κ2) is 7.77. The highest BCUT2D eigenvalue weighted by molar-refractivity contribution is 5.79. The molecule has 3 N–H and O–H groups in total. The largest absolute Gasteiger partial charge is 0.491 e. The predicted molar refractivity (Wildman–Crippen MR) is 101 cm³/mol. The van der Waals surface area contributed by atoms with E-state index in [0.29, 0.717) is 24.5 Å². The maximum Gasteiger partial charge on any atom is 0.223 e. The van der Waals surface area contributed by atoms with Crippen molar-refractivity contribution in [1.29, 1.82) is 0 Å². The highest BCUT2D eigenvalue weighted by atomic mass is 16.5. The number of carbonyl (C=O) groups is 1. The van der Waals surface area contributed by atoms with Crippen molar-refractivity contribution in [2.75, 3.05) is 6.61 Å². The summed E-state index contributed by atoms with van der Waals surface area (Å²) in [6.07, 6.45) is 5.55. The average molecular weight is 344 g/mol. The van der Waals surface area contributed by atoms with Gasteiger partial charge in [-0.25, -0.2) is 0 Å². The number of hydrogen-bond acceptors (Lipinski definition) is 3. The number of hydrogen-bond donors (Lipinski definition) is 2. The van der Waals surface area contributed by atoms with Gasteiger partial charge in [0.25, 0.3) is 0 Å². The van der Waals surface area contributed by atoms with E-state index in [1.807, 2.05) is 13.0 Å². The molecule has 3 rings (SSSR count). The van der Waals surface area contributed by atoms with Gasteiger partial charge >= 0.3 is 0 Å². The van der Waals surface area contributed by atoms with Gasteiger partial charge in [0.05, 0.1) is 6.04 Å². The summed E-state index contributed by atoms with van der Waals surface area (Å²) >= 11 is 0. The molecule has 138 valence electrons. The molecule has 1 aromatic carbocycles. The molecule has 0 saturated heterocycles. The normalized spacial score (nSPS) is 29.8. The quantitative estimate of drug-likeness (QED) is 0.861. The standard InChI is InChI=1S/C21H32N2O2/c1-13-6-4-7-14(2)20(13)25-12-15(3)23-21(24)18-10-16-8-5-9-17(11-18)19(16)22/h4,6-7,15-19H,5,8-12,22H2,1-3H3,(H,23,24). The van der Waals surface area contributed by atoms with Crippen LogP contribution in [0.2, 0.25) is 0 Å². The van der Waals surface area contributed by atoms with Crippen molar-refractivity contribution in [2.45, 2.75) is 65.0 Å². The number of aryl methyl sites for hydroxylation is 2. The Morgan fingerprint density at radius 1 is 1.24 bits per heavy atom. The van der Waals surface area contributed by atoms with Crippen LogP contribution in [0.1, 0.15) is 50.2 Å². The average Bonchev–Trinajstić information content (AvgIpc) is 2.54. The van der Waals surface area contributed by atoms with Gasteiger partial charge in [-0.05, 0) is 69.4 Å². The number of fused-ring (bicyclic) bond motifs is 2. The molecule has 0 aliphatic heterocycles. The summed E-state index contributed by atoms with van der Waals surface area (Å²) in [7, 11) is 0. The minimum absolute atomic E-state index is 0.00180. The summed E-state index contributed by atoms with van der Waals surface area (Å²) in [6, 6.07) is 6.45. The molecular formula is C21H32N2O2. The van der Waals surface area contributed by atoms with Crippen LogP contribution < -0.4 is 15.8 Å². The molecule has 25 heavy (non-hydrogen) atoms. The number of amides is 1. The summed E-state index contributed by atoms with van der Waals surface area (Å²) in [6.45, 7) is 6.61. The lowest BCUT2D eigenvalue weighted by molar-refractivity contribution is -0.128. The fraction of sp³-hybridized carbons (Fsp3) is 0.667. The Morgan fingerprint density at radius 2 is 1.84 bits per heavy atom. The van der Waals surface area contributed by atoms with Gasteiger partial charge in [-0.1, -0.05) is 24.6 Å². The summed E-state index contributed by atoms with van der Waals surface area (Å²) in [5, 5.41) is 3.16. The van der Waals surface area contributed by atoms with Crippen molar-refractivity contribution in [3.63, 3.8) is 0 Å². The predicted octanol–water partition coefficient (Wildman–Crippen LogP) is 3.34. The Kier molecular flexibility index (Phi) is 5.67. The van der Waals surface area contributed by atoms with Crippen LogP contribution in [0, 0.1) is 31.6 Å². The van der Waals surface area contributed by atoms with Crippen molar-refractivity contribution >= 4 is 5.91 Å². The van der Waals surface area contributed by atoms with E-state index in [9.17, 15) is 4.79 Å². The van der Waals surface area contributed by atoms with E-state index in [1.165, 1.54) is 19.3 Å². The molecule has 2 aliphatic rings. The van der Waals surface area contributed by atoms with E-state index in [2.05, 4.69) is 31.3 Å². The molecule has 1 amide bonds. The summed E-state index contributed by atoms with van der Waals surface area (Å²) in [4.78, 5) is 12.7. The Labute approximate surface area is 151 Å². The van der Waals surface area contributed by atoms with E-state index in [1.54, 1.807) is 0 Å². The Morgan fingerprint density at radius 3 is 2.44 bits per heavy atom. The Balaban J connectivity index is 1.51. The van der Waals surface area contributed by atoms with Crippen molar-refractivity contribution in [2.24, 2.45) is 23.5 Å². The molecule has 0 spiro atoms. The van der Waals surface area contributed by atoms with Crippen LogP contribution in [-0.4, -0.2) is 24.6 Å². The van der Waals surface area contributed by atoms with E-state index < -0.39 is 0 Å². The lowest BCUT2D eigenvalue weighted by Gasteiger charge is -2.43. The monoisotopic (exact) mass is 344 g/mol. The van der Waals surface area contributed by atoms with Gasteiger partial charge in [0.1, 0.15) is 12.4 Å². The Hall–Kier alpha value is -1.55. The highest BCUT2D eigenvalue weighted by Gasteiger charge is 2.40. The smallest absolute Gasteiger partial charge is 0.223 e. The van der Waals surface area contributed by atoms with E-state index >= 15 is 0 Å². The third-order valence-corrected chi connectivity index (χ3v) is 6.06. The first kappa shape index (κ1) is 18.2. The van der Waals surface area contributed by atoms with Crippen LogP contribution >= 0.6 is 0 Å². The van der Waals surface area contributed by atoms with Gasteiger partial charge in [-0.3, -0.25) is 4.79 Å². The van der Waals surface area contributed by atoms with Crippen LogP contribution in [0.5, 0.6) is 5.75 Å². The van der Waals surface area contributed by atoms with E-state index in [0.717, 1.165) is 29.7 Å². The molecule has 4 heteroatoms. The molecule has 2 saturated carbocycles. The number of ether oxygens (including phenoxy) is 1. The van der Waals surface area contributed by atoms with Gasteiger partial charge in [0.15, 0.2) is 0 Å². The van der Waals surface area contributed by atoms with Crippen molar-refractivity contribution < 1.29 is 9.53 Å². The lowest BCUT2D eigenvalue weighted by Crippen LogP contribution is -2.50. The molecule has 2 bridgehead atoms. The zero-order valence-corrected chi connectivity index (χ0v) is 15.8. The van der Waals surface area contributed by atoms with Crippen molar-refractivity contribution in [3.8, 4) is 5.75 Å². The van der Waals surface area contributed by atoms with E-state index in [4.69, 9.17) is 10.5 Å². The topological polar surface area (TPSA) is 64.3 Å². The number of benzene rings is 1. The third-order valence-electron chi connectivity index (χ3n) is 6.06. The number of carbonyl (C=O) groups excluding carboxylic acids is 1. The Bertz CT molecular complexity index is 582. The molecule has 3 unspecified atom stereocenters. The van der Waals surface area contributed by atoms with Crippen LogP contribution in [-0.2, 0) is 4.79 Å². The van der Waals surface area contributed by atoms with Crippen LogP contribution in [0.15, 0.2) is 18.2 Å². The lowest BCUT2D eigenvalue weighted by atomic mass is 9.65. The SMILES string of the molecule is Cc1cccc(C)c1OCC(C)NC(=O)C1CC2CCCC(C1)C2N. The van der Waals surface area contributed by atoms with Gasteiger partial charge in [-0.2, -0.15) is 0 Å². The summed E-state index contributed by atoms with van der Waals surface area (Å²) in [5.74, 6) is 2.30. The molecule has 3 atom stereocenters. The molecule has 4 nitrogen and oxygen atoms in total. The molecule has 2 fully saturated rings. The number of para-hydroxylation sites is 1. The molecule has 1 aromatic rings. The first-order valence-corrected chi connectivity index (χ1v) is 9.70. The van der Waals surface area contributed by atoms with Crippen LogP contribution in [0.4, 0.5) is 0 Å². The molecule has 0 radical (unpaired) electrons. The van der Waals surface area contributed by atoms with Crippen LogP contribution in [0.25, 0.3) is 0 Å². The van der Waals surface area contributed by atoms with Gasteiger partial charge in [-0.15, -0.1) is 0 Å². The zero-order valence-electron chi connectivity index (χ0n) is 15.8. The second-order valence-corrected chi connectivity index (χ2v) is 8.14. The van der Waals surface area contributed by atoms with E-state index in [-0.39, 0.29) is 17.9 Å². The van der Waals surface area contributed by atoms with Gasteiger partial charge < -0.3 is 15.8 Å². The minimum Gasteiger partial charge on any atom is -0.491 e. The number of nitrogens with one attached hydrogen (secondary N) is 1. The van der Waals surface area contributed by atoms with Crippen LogP contribution in [0.3, 0.4) is 0 Å². The third kappa shape index (κ3) is 4.17. The molecular weight excluding hydrogens is 312 g/mol. The minimum atomic E-state index is 0.00180. The summed E-state index contributed by atoms with van der Waals surface area (Å²) < 4.78 is 5.97. The summed E-state index contributed by atoms with van der Waals surface area (Å²) in [5.41, 5.74) is 8.60. The molecule has 2 aliphatic carbocycles. The fourth-order valence-corrected chi connectivity index (χ4v) is 4.64. The number of rotatable bonds is 5. The molecule has 0 aromatic heterocycles. The van der Waals surface area contributed by atoms with Crippen molar-refractivity contribution in [3.05, 3.63) is 29.3 Å². The molecule has 0 heterocycles. The van der Waals surface area contributed by atoms with Gasteiger partial charge in [0, 0.05) is 12.0 Å². The first-order valence-electron chi connectivity index (χ1n) is 9.70. The zero-order chi connectivity index (χ0) is 18.0. The highest BCUT2D eigenvalue weighted by Crippen LogP contribution is 2.41. The van der Waals surface area contributed by atoms with Crippen molar-refractivity contribution in [1.82, 2.24) is 5.32 Å². The second-order valence-electron chi connectivity index (χ2n) is 8.14. The first-order chi connectivity index (χ1) is 12.0. The number of nitrogens with two attached hydrogens (primary N) is 1. The maximum absolute atomic E-state index is 12.7. The van der Waals surface area contributed by atoms with Gasteiger partial charge in [0.2, 0.25) is 5.91 Å². The fourth-order valence-electron chi connectivity index (χ4n) is 4.64.